The molecule has 9 rings (SSSR count). The Labute approximate surface area is 240 Å². The smallest absolute Gasteiger partial charge is 0.297 e. The van der Waals surface area contributed by atoms with E-state index in [0.29, 0.717) is 0 Å². The van der Waals surface area contributed by atoms with Gasteiger partial charge in [0, 0.05) is 39.4 Å². The van der Waals surface area contributed by atoms with Crippen LogP contribution in [0, 0.1) is 0 Å². The predicted octanol–water partition coefficient (Wildman–Crippen LogP) is 7.67. The second-order valence-corrected chi connectivity index (χ2v) is 11.7. The predicted molar refractivity (Wildman–Crippen MR) is 170 cm³/mol. The maximum Gasteiger partial charge on any atom is 0.297 e. The molecule has 2 aliphatic heterocycles. The number of furan rings is 1. The summed E-state index contributed by atoms with van der Waals surface area (Å²) in [6.45, 7) is 4.58. The van der Waals surface area contributed by atoms with Crippen molar-refractivity contribution in [3.05, 3.63) is 139 Å². The minimum atomic E-state index is -0.231. The normalized spacial score (nSPS) is 15.1. The minimum Gasteiger partial charge on any atom is -0.471 e. The molecule has 6 aromatic rings. The lowest BCUT2D eigenvalue weighted by Gasteiger charge is -2.42. The van der Waals surface area contributed by atoms with Crippen molar-refractivity contribution in [2.75, 3.05) is 9.80 Å². The van der Waals surface area contributed by atoms with Gasteiger partial charge in [0.1, 0.15) is 5.76 Å². The summed E-state index contributed by atoms with van der Waals surface area (Å²) in [6.07, 6.45) is 0. The van der Waals surface area contributed by atoms with Gasteiger partial charge < -0.3 is 14.2 Å². The molecule has 0 bridgehead atoms. The molecular weight excluding hydrogens is 499 g/mol. The summed E-state index contributed by atoms with van der Waals surface area (Å²) in [6, 6.07) is 45.9. The molecule has 41 heavy (non-hydrogen) atoms. The van der Waals surface area contributed by atoms with Gasteiger partial charge in [0.2, 0.25) is 0 Å². The Bertz CT molecular complexity index is 1990. The van der Waals surface area contributed by atoms with Crippen molar-refractivity contribution in [1.82, 2.24) is 0 Å². The van der Waals surface area contributed by atoms with Crippen molar-refractivity contribution in [3.8, 4) is 11.1 Å². The fourth-order valence-corrected chi connectivity index (χ4v) is 7.46. The van der Waals surface area contributed by atoms with E-state index in [2.05, 4.69) is 151 Å². The van der Waals surface area contributed by atoms with Crippen LogP contribution in [0.5, 0.6) is 0 Å². The summed E-state index contributed by atoms with van der Waals surface area (Å²) in [4.78, 5) is 4.86. The molecule has 194 valence electrons. The van der Waals surface area contributed by atoms with Gasteiger partial charge in [-0.3, -0.25) is 0 Å². The van der Waals surface area contributed by atoms with E-state index in [1.807, 2.05) is 0 Å². The average molecular weight is 526 g/mol. The lowest BCUT2D eigenvalue weighted by atomic mass is 9.35. The molecule has 1 aromatic heterocycles. The van der Waals surface area contributed by atoms with E-state index in [1.54, 1.807) is 0 Å². The quantitative estimate of drug-likeness (QED) is 0.216. The summed E-state index contributed by atoms with van der Waals surface area (Å²) in [5.74, 6) is 1.06. The Morgan fingerprint density at radius 2 is 1.17 bits per heavy atom. The van der Waals surface area contributed by atoms with E-state index >= 15 is 0 Å². The molecule has 1 aliphatic carbocycles. The zero-order valence-corrected chi connectivity index (χ0v) is 23.0. The van der Waals surface area contributed by atoms with Crippen molar-refractivity contribution in [3.63, 3.8) is 0 Å². The molecule has 3 heterocycles. The lowest BCUT2D eigenvalue weighted by molar-refractivity contribution is 0.457. The monoisotopic (exact) mass is 526 g/mol. The first kappa shape index (κ1) is 22.8. The Morgan fingerprint density at radius 1 is 0.585 bits per heavy atom. The fraction of sp³-hybridized carbons (Fsp3) is 0.0811. The van der Waals surface area contributed by atoms with Crippen molar-refractivity contribution in [2.24, 2.45) is 0 Å². The molecule has 0 fully saturated rings. The van der Waals surface area contributed by atoms with Crippen LogP contribution in [0.3, 0.4) is 0 Å². The third-order valence-electron chi connectivity index (χ3n) is 9.18. The largest absolute Gasteiger partial charge is 0.471 e. The number of anilines is 6. The van der Waals surface area contributed by atoms with Crippen LogP contribution >= 0.6 is 0 Å². The van der Waals surface area contributed by atoms with E-state index in [1.165, 1.54) is 50.4 Å². The Hall–Kier alpha value is -4.96. The second-order valence-electron chi connectivity index (χ2n) is 11.7. The highest BCUT2D eigenvalue weighted by atomic mass is 16.3. The standard InChI is InChI=1S/C37H27BN2O/c1-37(2)27-19-10-9-18-26(27)32-34-36(41-35(32)37)38-28-20-11-12-21-29(28)39(24-14-5-3-6-15-24)30-22-13-23-31(33(30)38)40(34)25-16-7-4-8-17-25/h3-23H,1-2H3. The lowest BCUT2D eigenvalue weighted by Crippen LogP contribution is -2.61. The number of benzene rings is 5. The van der Waals surface area contributed by atoms with Crippen molar-refractivity contribution < 1.29 is 4.42 Å². The number of rotatable bonds is 2. The van der Waals surface area contributed by atoms with Gasteiger partial charge in [-0.2, -0.15) is 0 Å². The average Bonchev–Trinajstić information content (AvgIpc) is 3.52. The maximum atomic E-state index is 7.18. The van der Waals surface area contributed by atoms with Crippen molar-refractivity contribution in [2.45, 2.75) is 19.3 Å². The topological polar surface area (TPSA) is 19.6 Å². The molecule has 0 atom stereocenters. The van der Waals surface area contributed by atoms with E-state index in [-0.39, 0.29) is 12.1 Å². The molecule has 3 nitrogen and oxygen atoms in total. The number of hydrogen-bond acceptors (Lipinski definition) is 3. The van der Waals surface area contributed by atoms with E-state index < -0.39 is 0 Å². The molecule has 0 spiro atoms. The molecule has 5 aromatic carbocycles. The first-order valence-electron chi connectivity index (χ1n) is 14.3. The Morgan fingerprint density at radius 3 is 1.93 bits per heavy atom. The highest BCUT2D eigenvalue weighted by Crippen LogP contribution is 2.56. The van der Waals surface area contributed by atoms with Gasteiger partial charge in [-0.05, 0) is 78.4 Å². The first-order chi connectivity index (χ1) is 20.1. The molecule has 0 radical (unpaired) electrons. The van der Waals surface area contributed by atoms with Crippen LogP contribution in [0.2, 0.25) is 0 Å². The number of hydrogen-bond donors (Lipinski definition) is 0. The fourth-order valence-electron chi connectivity index (χ4n) is 7.46. The zero-order chi connectivity index (χ0) is 27.3. The molecular formula is C37H27BN2O. The van der Waals surface area contributed by atoms with Crippen molar-refractivity contribution >= 4 is 57.4 Å². The van der Waals surface area contributed by atoms with Crippen LogP contribution in [0.4, 0.5) is 34.1 Å². The SMILES string of the molecule is CC1(C)c2ccccc2-c2c1oc1c2N(c2ccccc2)c2cccc3c2B1c1ccccc1N3c1ccccc1. The zero-order valence-electron chi connectivity index (χ0n) is 23.0. The Kier molecular flexibility index (Phi) is 4.48. The summed E-state index contributed by atoms with van der Waals surface area (Å²) in [7, 11) is 0. The van der Waals surface area contributed by atoms with E-state index in [0.717, 1.165) is 22.8 Å². The van der Waals surface area contributed by atoms with Crippen LogP contribution in [-0.4, -0.2) is 6.71 Å². The molecule has 4 heteroatoms. The first-order valence-corrected chi connectivity index (χ1v) is 14.3. The summed E-state index contributed by atoms with van der Waals surface area (Å²) in [5, 5.41) is 0. The molecule has 0 unspecified atom stereocenters. The molecule has 0 saturated heterocycles. The summed E-state index contributed by atoms with van der Waals surface area (Å²) < 4.78 is 7.18. The van der Waals surface area contributed by atoms with Gasteiger partial charge in [-0.15, -0.1) is 0 Å². The van der Waals surface area contributed by atoms with Gasteiger partial charge in [-0.25, -0.2) is 0 Å². The number of nitrogens with zero attached hydrogens (tertiary/aromatic N) is 2. The summed E-state index contributed by atoms with van der Waals surface area (Å²) in [5.41, 5.74) is 14.2. The molecule has 0 amide bonds. The molecule has 0 N–H and O–H groups in total. The maximum absolute atomic E-state index is 7.18. The van der Waals surface area contributed by atoms with Crippen LogP contribution in [0.25, 0.3) is 11.1 Å². The molecule has 0 saturated carbocycles. The third-order valence-corrected chi connectivity index (χ3v) is 9.18. The van der Waals surface area contributed by atoms with E-state index in [9.17, 15) is 0 Å². The molecule has 3 aliphatic rings. The number of fused-ring (bicyclic) bond motifs is 8. The highest BCUT2D eigenvalue weighted by Gasteiger charge is 2.51. The van der Waals surface area contributed by atoms with Crippen LogP contribution in [0.1, 0.15) is 25.2 Å². The minimum absolute atomic E-state index is 0.0131. The van der Waals surface area contributed by atoms with Gasteiger partial charge in [0.25, 0.3) is 6.71 Å². The van der Waals surface area contributed by atoms with Crippen LogP contribution in [0.15, 0.2) is 132 Å². The van der Waals surface area contributed by atoms with Crippen LogP contribution in [-0.2, 0) is 5.41 Å². The summed E-state index contributed by atoms with van der Waals surface area (Å²) >= 11 is 0. The van der Waals surface area contributed by atoms with E-state index in [4.69, 9.17) is 4.42 Å². The van der Waals surface area contributed by atoms with Gasteiger partial charge in [0.15, 0.2) is 0 Å². The van der Waals surface area contributed by atoms with Gasteiger partial charge >= 0.3 is 0 Å². The van der Waals surface area contributed by atoms with Gasteiger partial charge in [-0.1, -0.05) is 84.9 Å². The third kappa shape index (κ3) is 2.89. The van der Waals surface area contributed by atoms with Crippen molar-refractivity contribution in [1.29, 1.82) is 0 Å². The van der Waals surface area contributed by atoms with Gasteiger partial charge in [0.05, 0.1) is 11.3 Å². The van der Waals surface area contributed by atoms with Crippen LogP contribution < -0.4 is 26.4 Å². The highest BCUT2D eigenvalue weighted by molar-refractivity contribution is 6.99. The number of para-hydroxylation sites is 3. The second kappa shape index (κ2) is 8.05. The Balaban J connectivity index is 1.42.